The lowest BCUT2D eigenvalue weighted by Gasteiger charge is -2.16. The lowest BCUT2D eigenvalue weighted by molar-refractivity contribution is -0.116. The molecule has 1 rings (SSSR count). The standard InChI is InChI=1S/C12H18O2/c1-11(2,3)5-4-6-12(9-13)7-8-14-10-12/h9H,6-8,10H2,1-3H3. The average Bonchev–Trinajstić information content (AvgIpc) is 2.52. The Bertz CT molecular complexity index is 256. The molecule has 1 aliphatic heterocycles. The first-order valence-electron chi connectivity index (χ1n) is 5.02. The highest BCUT2D eigenvalue weighted by Crippen LogP contribution is 2.29. The lowest BCUT2D eigenvalue weighted by Crippen LogP contribution is -2.22. The minimum atomic E-state index is -0.321. The van der Waals surface area contributed by atoms with Gasteiger partial charge in [0.2, 0.25) is 0 Å². The minimum Gasteiger partial charge on any atom is -0.380 e. The van der Waals surface area contributed by atoms with Crippen molar-refractivity contribution in [2.45, 2.75) is 33.6 Å². The third kappa shape index (κ3) is 3.16. The molecular formula is C12H18O2. The molecule has 0 saturated carbocycles. The Hall–Kier alpha value is -0.810. The van der Waals surface area contributed by atoms with Crippen LogP contribution >= 0.6 is 0 Å². The number of rotatable bonds is 2. The molecule has 1 saturated heterocycles. The monoisotopic (exact) mass is 194 g/mol. The summed E-state index contributed by atoms with van der Waals surface area (Å²) in [6, 6.07) is 0. The number of carbonyl (C=O) groups excluding carboxylic acids is 1. The number of ether oxygens (including phenoxy) is 1. The van der Waals surface area contributed by atoms with Crippen LogP contribution in [0.4, 0.5) is 0 Å². The van der Waals surface area contributed by atoms with Crippen LogP contribution in [0.5, 0.6) is 0 Å². The van der Waals surface area contributed by atoms with Crippen molar-refractivity contribution in [1.29, 1.82) is 0 Å². The molecule has 2 nitrogen and oxygen atoms in total. The summed E-state index contributed by atoms with van der Waals surface area (Å²) in [4.78, 5) is 10.9. The van der Waals surface area contributed by atoms with Gasteiger partial charge in [-0.1, -0.05) is 5.92 Å². The van der Waals surface area contributed by atoms with E-state index in [9.17, 15) is 4.79 Å². The zero-order valence-electron chi connectivity index (χ0n) is 9.22. The molecule has 1 heterocycles. The summed E-state index contributed by atoms with van der Waals surface area (Å²) in [5.74, 6) is 6.24. The van der Waals surface area contributed by atoms with Gasteiger partial charge in [0.05, 0.1) is 12.0 Å². The Morgan fingerprint density at radius 2 is 2.21 bits per heavy atom. The van der Waals surface area contributed by atoms with Crippen molar-refractivity contribution in [3.05, 3.63) is 0 Å². The number of hydrogen-bond acceptors (Lipinski definition) is 2. The largest absolute Gasteiger partial charge is 0.380 e. The van der Waals surface area contributed by atoms with Gasteiger partial charge in [-0.15, -0.1) is 5.92 Å². The van der Waals surface area contributed by atoms with Crippen LogP contribution in [0.25, 0.3) is 0 Å². The molecule has 0 aromatic rings. The van der Waals surface area contributed by atoms with E-state index in [-0.39, 0.29) is 10.8 Å². The fourth-order valence-corrected chi connectivity index (χ4v) is 1.38. The van der Waals surface area contributed by atoms with Crippen LogP contribution in [0.1, 0.15) is 33.6 Å². The molecule has 1 atom stereocenters. The van der Waals surface area contributed by atoms with Gasteiger partial charge in [0.15, 0.2) is 0 Å². The Balaban J connectivity index is 2.57. The van der Waals surface area contributed by atoms with Crippen LogP contribution in [0.15, 0.2) is 0 Å². The normalized spacial score (nSPS) is 26.8. The van der Waals surface area contributed by atoms with Crippen molar-refractivity contribution in [3.8, 4) is 11.8 Å². The van der Waals surface area contributed by atoms with E-state index in [2.05, 4.69) is 32.6 Å². The Kier molecular flexibility index (Phi) is 3.34. The first-order chi connectivity index (χ1) is 6.47. The third-order valence-corrected chi connectivity index (χ3v) is 2.29. The molecule has 0 aliphatic carbocycles. The third-order valence-electron chi connectivity index (χ3n) is 2.29. The van der Waals surface area contributed by atoms with E-state index in [0.29, 0.717) is 19.6 Å². The average molecular weight is 194 g/mol. The van der Waals surface area contributed by atoms with Crippen LogP contribution < -0.4 is 0 Å². The molecule has 2 heteroatoms. The minimum absolute atomic E-state index is 0.0174. The summed E-state index contributed by atoms with van der Waals surface area (Å²) >= 11 is 0. The maximum atomic E-state index is 10.9. The van der Waals surface area contributed by atoms with E-state index >= 15 is 0 Å². The Morgan fingerprint density at radius 1 is 1.50 bits per heavy atom. The highest BCUT2D eigenvalue weighted by atomic mass is 16.5. The van der Waals surface area contributed by atoms with Crippen molar-refractivity contribution >= 4 is 6.29 Å². The SMILES string of the molecule is CC(C)(C)C#CCC1(C=O)CCOC1. The van der Waals surface area contributed by atoms with Crippen LogP contribution in [0.3, 0.4) is 0 Å². The Morgan fingerprint density at radius 3 is 2.64 bits per heavy atom. The van der Waals surface area contributed by atoms with Crippen molar-refractivity contribution in [1.82, 2.24) is 0 Å². The van der Waals surface area contributed by atoms with Crippen LogP contribution in [0, 0.1) is 22.7 Å². The molecule has 78 valence electrons. The topological polar surface area (TPSA) is 26.3 Å². The van der Waals surface area contributed by atoms with Gasteiger partial charge in [-0.25, -0.2) is 0 Å². The first-order valence-corrected chi connectivity index (χ1v) is 5.02. The zero-order valence-corrected chi connectivity index (χ0v) is 9.22. The summed E-state index contributed by atoms with van der Waals surface area (Å²) in [6.45, 7) is 7.43. The molecule has 0 amide bonds. The second-order valence-corrected chi connectivity index (χ2v) is 5.01. The van der Waals surface area contributed by atoms with Crippen molar-refractivity contribution in [2.75, 3.05) is 13.2 Å². The molecule has 0 N–H and O–H groups in total. The van der Waals surface area contributed by atoms with Gasteiger partial charge in [-0.2, -0.15) is 0 Å². The maximum Gasteiger partial charge on any atom is 0.129 e. The maximum absolute atomic E-state index is 10.9. The fraction of sp³-hybridized carbons (Fsp3) is 0.750. The zero-order chi connectivity index (χ0) is 10.7. The van der Waals surface area contributed by atoms with E-state index in [4.69, 9.17) is 4.74 Å². The number of hydrogen-bond donors (Lipinski definition) is 0. The van der Waals surface area contributed by atoms with Gasteiger partial charge in [0, 0.05) is 18.4 Å². The van der Waals surface area contributed by atoms with E-state index in [1.54, 1.807) is 0 Å². The fourth-order valence-electron chi connectivity index (χ4n) is 1.38. The first kappa shape index (κ1) is 11.3. The molecular weight excluding hydrogens is 176 g/mol. The summed E-state index contributed by atoms with van der Waals surface area (Å²) in [6.07, 6.45) is 2.46. The molecule has 1 aliphatic rings. The van der Waals surface area contributed by atoms with Gasteiger partial charge >= 0.3 is 0 Å². The molecule has 0 spiro atoms. The summed E-state index contributed by atoms with van der Waals surface area (Å²) < 4.78 is 5.23. The van der Waals surface area contributed by atoms with Gasteiger partial charge < -0.3 is 9.53 Å². The highest BCUT2D eigenvalue weighted by Gasteiger charge is 2.33. The van der Waals surface area contributed by atoms with E-state index in [1.165, 1.54) is 0 Å². The quantitative estimate of drug-likeness (QED) is 0.496. The van der Waals surface area contributed by atoms with Gasteiger partial charge in [0.25, 0.3) is 0 Å². The van der Waals surface area contributed by atoms with E-state index < -0.39 is 0 Å². The van der Waals surface area contributed by atoms with E-state index in [1.807, 2.05) is 0 Å². The van der Waals surface area contributed by atoms with Crippen molar-refractivity contribution < 1.29 is 9.53 Å². The summed E-state index contributed by atoms with van der Waals surface area (Å²) in [7, 11) is 0. The predicted octanol–water partition coefficient (Wildman–Crippen LogP) is 2.03. The van der Waals surface area contributed by atoms with Crippen LogP contribution in [0.2, 0.25) is 0 Å². The predicted molar refractivity (Wildman–Crippen MR) is 55.8 cm³/mol. The van der Waals surface area contributed by atoms with Gasteiger partial charge in [-0.05, 0) is 27.2 Å². The lowest BCUT2D eigenvalue weighted by atomic mass is 9.85. The van der Waals surface area contributed by atoms with Gasteiger partial charge in [0.1, 0.15) is 6.29 Å². The number of aldehydes is 1. The summed E-state index contributed by atoms with van der Waals surface area (Å²) in [5.41, 5.74) is -0.304. The summed E-state index contributed by atoms with van der Waals surface area (Å²) in [5, 5.41) is 0. The molecule has 0 aromatic carbocycles. The van der Waals surface area contributed by atoms with Crippen LogP contribution in [-0.2, 0) is 9.53 Å². The number of carbonyl (C=O) groups is 1. The second kappa shape index (κ2) is 4.14. The smallest absolute Gasteiger partial charge is 0.129 e. The van der Waals surface area contributed by atoms with Crippen LogP contribution in [-0.4, -0.2) is 19.5 Å². The molecule has 0 radical (unpaired) electrons. The molecule has 1 unspecified atom stereocenters. The molecule has 1 fully saturated rings. The molecule has 0 bridgehead atoms. The second-order valence-electron chi connectivity index (χ2n) is 5.01. The molecule has 14 heavy (non-hydrogen) atoms. The molecule has 0 aromatic heterocycles. The van der Waals surface area contributed by atoms with Gasteiger partial charge in [-0.3, -0.25) is 0 Å². The Labute approximate surface area is 86.0 Å². The van der Waals surface area contributed by atoms with Crippen molar-refractivity contribution in [2.24, 2.45) is 10.8 Å². The van der Waals surface area contributed by atoms with E-state index in [0.717, 1.165) is 12.7 Å². The highest BCUT2D eigenvalue weighted by molar-refractivity contribution is 5.60. The van der Waals surface area contributed by atoms with Crippen molar-refractivity contribution in [3.63, 3.8) is 0 Å².